The van der Waals surface area contributed by atoms with Crippen molar-refractivity contribution in [2.45, 2.75) is 91.3 Å². The summed E-state index contributed by atoms with van der Waals surface area (Å²) >= 11 is 0. The van der Waals surface area contributed by atoms with Gasteiger partial charge in [0.1, 0.15) is 22.8 Å². The fourth-order valence-electron chi connectivity index (χ4n) is 5.43. The van der Waals surface area contributed by atoms with Crippen LogP contribution in [0.5, 0.6) is 0 Å². The van der Waals surface area contributed by atoms with E-state index in [0.29, 0.717) is 74.0 Å². The maximum Gasteiger partial charge on any atom is 0.410 e. The third kappa shape index (κ3) is 7.44. The predicted octanol–water partition coefficient (Wildman–Crippen LogP) is 4.45. The van der Waals surface area contributed by atoms with E-state index < -0.39 is 11.2 Å². The highest BCUT2D eigenvalue weighted by molar-refractivity contribution is 5.80. The molecule has 0 bridgehead atoms. The van der Waals surface area contributed by atoms with Crippen LogP contribution >= 0.6 is 0 Å². The number of hydrogen-bond donors (Lipinski definition) is 0. The van der Waals surface area contributed by atoms with Gasteiger partial charge in [0.25, 0.3) is 0 Å². The second kappa shape index (κ2) is 10.2. The lowest BCUT2D eigenvalue weighted by molar-refractivity contribution is -0.122. The van der Waals surface area contributed by atoms with E-state index in [0.717, 1.165) is 25.9 Å². The molecule has 4 rings (SSSR count). The minimum atomic E-state index is -0.444. The standard InChI is InChI=1S/2C13H21NO3/c2*1-13(2,3)17-12(16)14-7-9-4-5-11(15)6-10(9)8-14/h2*9-10H,4-8H2,1-3H3/t2*9-,10+/m10/s1. The van der Waals surface area contributed by atoms with Gasteiger partial charge in [-0.05, 0) is 78.1 Å². The van der Waals surface area contributed by atoms with Crippen LogP contribution in [0.4, 0.5) is 9.59 Å². The van der Waals surface area contributed by atoms with E-state index in [1.165, 1.54) is 0 Å². The van der Waals surface area contributed by atoms with Crippen molar-refractivity contribution in [2.75, 3.05) is 26.2 Å². The second-order valence-electron chi connectivity index (χ2n) is 12.4. The van der Waals surface area contributed by atoms with Crippen molar-refractivity contribution in [1.29, 1.82) is 0 Å². The van der Waals surface area contributed by atoms with Gasteiger partial charge in [-0.2, -0.15) is 0 Å². The van der Waals surface area contributed by atoms with E-state index in [4.69, 9.17) is 9.47 Å². The third-order valence-electron chi connectivity index (χ3n) is 7.02. The number of ketones is 2. The topological polar surface area (TPSA) is 93.2 Å². The molecule has 2 heterocycles. The van der Waals surface area contributed by atoms with Crippen LogP contribution in [0.3, 0.4) is 0 Å². The Kier molecular flexibility index (Phi) is 7.98. The number of nitrogens with zero attached hydrogens (tertiary/aromatic N) is 2. The molecule has 0 aromatic heterocycles. The summed E-state index contributed by atoms with van der Waals surface area (Å²) in [6, 6.07) is 0. The highest BCUT2D eigenvalue weighted by atomic mass is 16.6. The molecule has 2 saturated carbocycles. The largest absolute Gasteiger partial charge is 0.444 e. The first kappa shape index (κ1) is 26.5. The summed E-state index contributed by atoms with van der Waals surface area (Å²) in [6.07, 6.45) is 4.05. The molecule has 0 aromatic rings. The summed E-state index contributed by atoms with van der Waals surface area (Å²) in [5, 5.41) is 0. The normalized spacial score (nSPS) is 29.1. The second-order valence-corrected chi connectivity index (χ2v) is 12.4. The monoisotopic (exact) mass is 478 g/mol. The van der Waals surface area contributed by atoms with Gasteiger partial charge in [0.05, 0.1) is 0 Å². The molecule has 8 heteroatoms. The molecule has 4 atom stereocenters. The zero-order valence-corrected chi connectivity index (χ0v) is 21.7. The van der Waals surface area contributed by atoms with Gasteiger partial charge in [0.2, 0.25) is 0 Å². The number of hydrogen-bond acceptors (Lipinski definition) is 6. The number of amides is 2. The van der Waals surface area contributed by atoms with E-state index in [1.807, 2.05) is 41.5 Å². The van der Waals surface area contributed by atoms with Crippen LogP contribution in [0.15, 0.2) is 0 Å². The van der Waals surface area contributed by atoms with Crippen molar-refractivity contribution < 1.29 is 28.7 Å². The van der Waals surface area contributed by atoms with Crippen LogP contribution in [0, 0.1) is 23.7 Å². The summed E-state index contributed by atoms with van der Waals surface area (Å²) in [5.41, 5.74) is -0.888. The molecule has 2 aliphatic heterocycles. The van der Waals surface area contributed by atoms with Crippen molar-refractivity contribution in [2.24, 2.45) is 23.7 Å². The number of fused-ring (bicyclic) bond motifs is 2. The average molecular weight is 479 g/mol. The summed E-state index contributed by atoms with van der Waals surface area (Å²) in [7, 11) is 0. The van der Waals surface area contributed by atoms with Crippen molar-refractivity contribution in [1.82, 2.24) is 9.80 Å². The van der Waals surface area contributed by atoms with Crippen LogP contribution in [-0.4, -0.2) is 70.9 Å². The van der Waals surface area contributed by atoms with Gasteiger partial charge in [-0.15, -0.1) is 0 Å². The summed E-state index contributed by atoms with van der Waals surface area (Å²) < 4.78 is 10.7. The lowest BCUT2D eigenvalue weighted by Gasteiger charge is -2.24. The molecular weight excluding hydrogens is 436 g/mol. The molecule has 2 aliphatic carbocycles. The fourth-order valence-corrected chi connectivity index (χ4v) is 5.43. The Morgan fingerprint density at radius 1 is 0.647 bits per heavy atom. The molecule has 2 amide bonds. The van der Waals surface area contributed by atoms with E-state index >= 15 is 0 Å². The van der Waals surface area contributed by atoms with Gasteiger partial charge in [0, 0.05) is 51.9 Å². The van der Waals surface area contributed by atoms with Gasteiger partial charge in [-0.3, -0.25) is 9.59 Å². The van der Waals surface area contributed by atoms with Crippen molar-refractivity contribution in [3.8, 4) is 0 Å². The molecule has 2 saturated heterocycles. The Balaban J connectivity index is 0.000000191. The molecular formula is C26H42N2O6. The number of carbonyl (C=O) groups excluding carboxylic acids is 4. The molecule has 0 aromatic carbocycles. The van der Waals surface area contributed by atoms with Crippen molar-refractivity contribution in [3.05, 3.63) is 0 Å². The number of Topliss-reactive ketones (excluding diaryl/α,β-unsaturated/α-hetero) is 2. The van der Waals surface area contributed by atoms with Crippen molar-refractivity contribution >= 4 is 23.8 Å². The zero-order valence-electron chi connectivity index (χ0n) is 21.7. The molecule has 0 unspecified atom stereocenters. The first-order valence-corrected chi connectivity index (χ1v) is 12.7. The van der Waals surface area contributed by atoms with Gasteiger partial charge >= 0.3 is 12.2 Å². The zero-order chi connectivity index (χ0) is 25.3. The SMILES string of the molecule is CC(C)(C)OC(=O)N1C[C@H]2CC(=O)CC[C@H]2C1.CC(C)(C)OC(=O)N1C[C@H]2CCC(=O)C[C@H]2C1. The Hall–Kier alpha value is -2.12. The van der Waals surface area contributed by atoms with E-state index in [2.05, 4.69) is 0 Å². The predicted molar refractivity (Wildman–Crippen MR) is 127 cm³/mol. The number of likely N-dealkylation sites (tertiary alicyclic amines) is 2. The van der Waals surface area contributed by atoms with Crippen LogP contribution in [0.25, 0.3) is 0 Å². The molecule has 8 nitrogen and oxygen atoms in total. The fraction of sp³-hybridized carbons (Fsp3) is 0.846. The Labute approximate surface area is 203 Å². The number of carbonyl (C=O) groups is 4. The van der Waals surface area contributed by atoms with Gasteiger partial charge in [0.15, 0.2) is 0 Å². The smallest absolute Gasteiger partial charge is 0.410 e. The molecule has 34 heavy (non-hydrogen) atoms. The molecule has 0 radical (unpaired) electrons. The van der Waals surface area contributed by atoms with E-state index in [1.54, 1.807) is 9.80 Å². The van der Waals surface area contributed by atoms with Gasteiger partial charge in [-0.25, -0.2) is 9.59 Å². The summed E-state index contributed by atoms with van der Waals surface area (Å²) in [5.74, 6) is 2.42. The van der Waals surface area contributed by atoms with Crippen molar-refractivity contribution in [3.63, 3.8) is 0 Å². The van der Waals surface area contributed by atoms with Gasteiger partial charge < -0.3 is 19.3 Å². The maximum absolute atomic E-state index is 11.9. The lowest BCUT2D eigenvalue weighted by Crippen LogP contribution is -2.35. The first-order valence-electron chi connectivity index (χ1n) is 12.7. The molecule has 4 fully saturated rings. The summed E-state index contributed by atoms with van der Waals surface area (Å²) in [4.78, 5) is 50.1. The molecule has 192 valence electrons. The van der Waals surface area contributed by atoms with Crippen LogP contribution in [0.1, 0.15) is 80.1 Å². The molecule has 4 aliphatic rings. The number of rotatable bonds is 0. The van der Waals surface area contributed by atoms with Gasteiger partial charge in [-0.1, -0.05) is 0 Å². The minimum absolute atomic E-state index is 0.237. The Morgan fingerprint density at radius 3 is 1.29 bits per heavy atom. The quantitative estimate of drug-likeness (QED) is 0.511. The van der Waals surface area contributed by atoms with Crippen LogP contribution in [0.2, 0.25) is 0 Å². The van der Waals surface area contributed by atoms with Crippen LogP contribution in [-0.2, 0) is 19.1 Å². The third-order valence-corrected chi connectivity index (χ3v) is 7.02. The first-order chi connectivity index (χ1) is 15.7. The minimum Gasteiger partial charge on any atom is -0.444 e. The highest BCUT2D eigenvalue weighted by Gasteiger charge is 2.41. The number of ether oxygens (including phenoxy) is 2. The Morgan fingerprint density at radius 2 is 0.971 bits per heavy atom. The molecule has 0 spiro atoms. The highest BCUT2D eigenvalue weighted by Crippen LogP contribution is 2.36. The maximum atomic E-state index is 11.9. The lowest BCUT2D eigenvalue weighted by atomic mass is 9.81. The Bertz CT molecular complexity index is 730. The van der Waals surface area contributed by atoms with E-state index in [-0.39, 0.29) is 12.2 Å². The average Bonchev–Trinajstić information content (AvgIpc) is 3.29. The molecule has 0 N–H and O–H groups in total. The summed E-state index contributed by atoms with van der Waals surface area (Å²) in [6.45, 7) is 14.1. The van der Waals surface area contributed by atoms with E-state index in [9.17, 15) is 19.2 Å². The van der Waals surface area contributed by atoms with Crippen LogP contribution < -0.4 is 0 Å².